The number of halogens is 1. The molecule has 0 aliphatic heterocycles. The predicted molar refractivity (Wildman–Crippen MR) is 66.8 cm³/mol. The van der Waals surface area contributed by atoms with Crippen molar-refractivity contribution in [1.29, 1.82) is 0 Å². The van der Waals surface area contributed by atoms with Gasteiger partial charge < -0.3 is 5.32 Å². The topological polar surface area (TPSA) is 66.4 Å². The van der Waals surface area contributed by atoms with Crippen LogP contribution in [0.1, 0.15) is 23.6 Å². The zero-order valence-electron chi connectivity index (χ0n) is 9.84. The van der Waals surface area contributed by atoms with Gasteiger partial charge in [0.2, 0.25) is 0 Å². The lowest BCUT2D eigenvalue weighted by atomic mass is 10.1. The highest BCUT2D eigenvalue weighted by Gasteiger charge is 2.23. The number of rotatable bonds is 5. The third-order valence-corrected chi connectivity index (χ3v) is 3.89. The molecule has 0 amide bonds. The minimum Gasteiger partial charge on any atom is -0.307 e. The Morgan fingerprint density at radius 3 is 2.89 bits per heavy atom. The minimum atomic E-state index is -4.24. The summed E-state index contributed by atoms with van der Waals surface area (Å²) in [4.78, 5) is 0. The number of hydrogen-bond acceptors (Lipinski definition) is 3. The van der Waals surface area contributed by atoms with E-state index in [1.54, 1.807) is 0 Å². The van der Waals surface area contributed by atoms with E-state index in [1.807, 2.05) is 24.3 Å². The van der Waals surface area contributed by atoms with Crippen molar-refractivity contribution in [3.05, 3.63) is 35.4 Å². The second kappa shape index (κ2) is 5.34. The lowest BCUT2D eigenvalue weighted by Crippen LogP contribution is -2.31. The van der Waals surface area contributed by atoms with Gasteiger partial charge in [0, 0.05) is 12.6 Å². The maximum atomic E-state index is 13.3. The van der Waals surface area contributed by atoms with Gasteiger partial charge in [0.15, 0.2) is 0 Å². The standard InChI is InChI=1S/C12H16FNO3S/c13-10(8-18(15,16)17)7-14-12-6-5-9-3-1-2-4-11(9)12/h1-4,10,12,14H,5-8H2,(H,15,16,17)/t10-,12-/m0/s1. The van der Waals surface area contributed by atoms with Crippen molar-refractivity contribution in [2.24, 2.45) is 0 Å². The van der Waals surface area contributed by atoms with Gasteiger partial charge in [-0.15, -0.1) is 0 Å². The summed E-state index contributed by atoms with van der Waals surface area (Å²) in [5, 5.41) is 3.01. The minimum absolute atomic E-state index is 0.0702. The van der Waals surface area contributed by atoms with Gasteiger partial charge in [-0.25, -0.2) is 4.39 Å². The Morgan fingerprint density at radius 2 is 2.17 bits per heavy atom. The number of fused-ring (bicyclic) bond motifs is 1. The van der Waals surface area contributed by atoms with Crippen molar-refractivity contribution in [2.45, 2.75) is 25.1 Å². The Kier molecular flexibility index (Phi) is 3.99. The molecular weight excluding hydrogens is 257 g/mol. The zero-order chi connectivity index (χ0) is 13.2. The molecule has 0 unspecified atom stereocenters. The highest BCUT2D eigenvalue weighted by Crippen LogP contribution is 2.30. The first-order valence-electron chi connectivity index (χ1n) is 5.86. The number of benzene rings is 1. The van der Waals surface area contributed by atoms with Crippen LogP contribution in [-0.4, -0.2) is 31.4 Å². The van der Waals surface area contributed by atoms with Crippen LogP contribution in [0.3, 0.4) is 0 Å². The van der Waals surface area contributed by atoms with Crippen LogP contribution < -0.4 is 5.32 Å². The zero-order valence-corrected chi connectivity index (χ0v) is 10.7. The molecule has 1 aliphatic rings. The molecule has 2 atom stereocenters. The second-order valence-corrected chi connectivity index (χ2v) is 6.04. The molecule has 2 N–H and O–H groups in total. The van der Waals surface area contributed by atoms with Crippen molar-refractivity contribution in [3.63, 3.8) is 0 Å². The fourth-order valence-corrected chi connectivity index (χ4v) is 2.90. The normalized spacial score (nSPS) is 20.7. The maximum Gasteiger partial charge on any atom is 0.267 e. The van der Waals surface area contributed by atoms with Crippen LogP contribution in [0.5, 0.6) is 0 Å². The van der Waals surface area contributed by atoms with Gasteiger partial charge in [0.05, 0.1) is 0 Å². The van der Waals surface area contributed by atoms with Gasteiger partial charge in [-0.2, -0.15) is 8.42 Å². The van der Waals surface area contributed by atoms with Crippen LogP contribution in [0.4, 0.5) is 4.39 Å². The molecule has 4 nitrogen and oxygen atoms in total. The maximum absolute atomic E-state index is 13.3. The van der Waals surface area contributed by atoms with E-state index in [-0.39, 0.29) is 12.6 Å². The van der Waals surface area contributed by atoms with E-state index in [0.29, 0.717) is 0 Å². The monoisotopic (exact) mass is 273 g/mol. The Labute approximate surface area is 106 Å². The number of hydrogen-bond donors (Lipinski definition) is 2. The van der Waals surface area contributed by atoms with Crippen LogP contribution in [0, 0.1) is 0 Å². The molecule has 1 aromatic rings. The molecule has 6 heteroatoms. The highest BCUT2D eigenvalue weighted by molar-refractivity contribution is 7.85. The fourth-order valence-electron chi connectivity index (χ4n) is 2.33. The molecule has 0 radical (unpaired) electrons. The van der Waals surface area contributed by atoms with Crippen molar-refractivity contribution in [1.82, 2.24) is 5.32 Å². The summed E-state index contributed by atoms with van der Waals surface area (Å²) in [5.74, 6) is -0.853. The first-order chi connectivity index (χ1) is 8.46. The van der Waals surface area contributed by atoms with Gasteiger partial charge in [0.25, 0.3) is 10.1 Å². The summed E-state index contributed by atoms with van der Waals surface area (Å²) < 4.78 is 42.9. The molecule has 0 spiro atoms. The van der Waals surface area contributed by atoms with E-state index in [2.05, 4.69) is 5.32 Å². The Balaban J connectivity index is 1.89. The van der Waals surface area contributed by atoms with Gasteiger partial charge in [0.1, 0.15) is 11.9 Å². The molecule has 1 aliphatic carbocycles. The Bertz CT molecular complexity index is 518. The molecule has 18 heavy (non-hydrogen) atoms. The highest BCUT2D eigenvalue weighted by atomic mass is 32.2. The van der Waals surface area contributed by atoms with E-state index < -0.39 is 22.0 Å². The largest absolute Gasteiger partial charge is 0.307 e. The van der Waals surface area contributed by atoms with Crippen molar-refractivity contribution >= 4 is 10.1 Å². The van der Waals surface area contributed by atoms with E-state index in [4.69, 9.17) is 4.55 Å². The number of alkyl halides is 1. The third kappa shape index (κ3) is 3.51. The summed E-state index contributed by atoms with van der Waals surface area (Å²) in [6.07, 6.45) is 0.244. The smallest absolute Gasteiger partial charge is 0.267 e. The predicted octanol–water partition coefficient (Wildman–Crippen LogP) is 1.49. The molecule has 0 aromatic heterocycles. The van der Waals surface area contributed by atoms with Gasteiger partial charge in [-0.05, 0) is 24.0 Å². The molecule has 1 aromatic carbocycles. The van der Waals surface area contributed by atoms with E-state index in [9.17, 15) is 12.8 Å². The quantitative estimate of drug-likeness (QED) is 0.798. The van der Waals surface area contributed by atoms with Gasteiger partial charge in [-0.1, -0.05) is 24.3 Å². The van der Waals surface area contributed by atoms with Crippen LogP contribution in [0.2, 0.25) is 0 Å². The van der Waals surface area contributed by atoms with Crippen LogP contribution >= 0.6 is 0 Å². The van der Waals surface area contributed by atoms with E-state index >= 15 is 0 Å². The summed E-state index contributed by atoms with van der Waals surface area (Å²) in [6.45, 7) is -0.0706. The Morgan fingerprint density at radius 1 is 1.44 bits per heavy atom. The Hall–Kier alpha value is -0.980. The van der Waals surface area contributed by atoms with E-state index in [1.165, 1.54) is 5.56 Å². The molecule has 100 valence electrons. The number of aryl methyl sites for hydroxylation is 1. The molecule has 0 fully saturated rings. The first-order valence-corrected chi connectivity index (χ1v) is 7.47. The molecule has 2 rings (SSSR count). The van der Waals surface area contributed by atoms with Crippen molar-refractivity contribution < 1.29 is 17.4 Å². The summed E-state index contributed by atoms with van der Waals surface area (Å²) in [6, 6.07) is 8.01. The number of nitrogens with one attached hydrogen (secondary N) is 1. The lowest BCUT2D eigenvalue weighted by Gasteiger charge is -2.15. The van der Waals surface area contributed by atoms with E-state index in [0.717, 1.165) is 18.4 Å². The van der Waals surface area contributed by atoms with Crippen LogP contribution in [0.25, 0.3) is 0 Å². The molecule has 0 saturated heterocycles. The first kappa shape index (κ1) is 13.5. The van der Waals surface area contributed by atoms with Crippen molar-refractivity contribution in [3.8, 4) is 0 Å². The molecular formula is C12H16FNO3S. The van der Waals surface area contributed by atoms with Crippen molar-refractivity contribution in [2.75, 3.05) is 12.3 Å². The van der Waals surface area contributed by atoms with Gasteiger partial charge >= 0.3 is 0 Å². The average molecular weight is 273 g/mol. The SMILES string of the molecule is O=S(=O)(O)C[C@@H](F)CN[C@H]1CCc2ccccc21. The lowest BCUT2D eigenvalue weighted by molar-refractivity contribution is 0.323. The average Bonchev–Trinajstić information content (AvgIpc) is 2.67. The van der Waals surface area contributed by atoms with Crippen LogP contribution in [0.15, 0.2) is 24.3 Å². The molecule has 0 saturated carbocycles. The van der Waals surface area contributed by atoms with Crippen LogP contribution in [-0.2, 0) is 16.5 Å². The third-order valence-electron chi connectivity index (χ3n) is 3.11. The van der Waals surface area contributed by atoms with Gasteiger partial charge in [-0.3, -0.25) is 4.55 Å². The fraction of sp³-hybridized carbons (Fsp3) is 0.500. The molecule has 0 bridgehead atoms. The summed E-state index contributed by atoms with van der Waals surface area (Å²) in [5.41, 5.74) is 2.40. The summed E-state index contributed by atoms with van der Waals surface area (Å²) in [7, 11) is -4.24. The molecule has 0 heterocycles. The second-order valence-electron chi connectivity index (χ2n) is 4.54. The summed E-state index contributed by atoms with van der Waals surface area (Å²) >= 11 is 0.